The number of hydrogen-bond acceptors (Lipinski definition) is 3. The first-order valence-electron chi connectivity index (χ1n) is 11.5. The molecule has 2 saturated carbocycles. The van der Waals surface area contributed by atoms with Crippen LogP contribution in [0.15, 0.2) is 60.7 Å². The van der Waals surface area contributed by atoms with Crippen LogP contribution in [0.4, 0.5) is 0 Å². The molecule has 2 aromatic carbocycles. The van der Waals surface area contributed by atoms with E-state index in [0.717, 1.165) is 44.3 Å². The van der Waals surface area contributed by atoms with Crippen molar-refractivity contribution in [2.75, 3.05) is 13.1 Å². The fourth-order valence-electron chi connectivity index (χ4n) is 5.88. The normalized spacial score (nSPS) is 29.2. The third-order valence-corrected chi connectivity index (χ3v) is 7.86. The second-order valence-corrected chi connectivity index (χ2v) is 9.48. The molecule has 1 heterocycles. The SMILES string of the molecule is CC(c1ccccc1)N1CC2C(C1)C2NC(=O)C(O)(c1ccccc1)C1CCCC1. The molecule has 4 unspecified atom stereocenters. The third kappa shape index (κ3) is 3.36. The molecule has 1 amide bonds. The molecule has 30 heavy (non-hydrogen) atoms. The monoisotopic (exact) mass is 404 g/mol. The van der Waals surface area contributed by atoms with Gasteiger partial charge in [0.2, 0.25) is 0 Å². The van der Waals surface area contributed by atoms with Crippen LogP contribution in [-0.4, -0.2) is 35.0 Å². The number of fused-ring (bicyclic) bond motifs is 1. The number of carbonyl (C=O) groups excluding carboxylic acids is 1. The maximum absolute atomic E-state index is 13.4. The molecule has 2 N–H and O–H groups in total. The zero-order valence-electron chi connectivity index (χ0n) is 17.7. The van der Waals surface area contributed by atoms with Crippen molar-refractivity contribution in [2.45, 2.75) is 50.3 Å². The Bertz CT molecular complexity index is 868. The van der Waals surface area contributed by atoms with Crippen molar-refractivity contribution < 1.29 is 9.90 Å². The number of piperidine rings is 1. The van der Waals surface area contributed by atoms with Crippen LogP contribution < -0.4 is 5.32 Å². The van der Waals surface area contributed by atoms with Crippen LogP contribution in [0.2, 0.25) is 0 Å². The Labute approximate surface area is 179 Å². The summed E-state index contributed by atoms with van der Waals surface area (Å²) in [6.07, 6.45) is 4.01. The van der Waals surface area contributed by atoms with Crippen LogP contribution in [-0.2, 0) is 10.4 Å². The Hall–Kier alpha value is -2.17. The van der Waals surface area contributed by atoms with E-state index in [0.29, 0.717) is 17.9 Å². The minimum absolute atomic E-state index is 0.00749. The second kappa shape index (κ2) is 7.82. The first-order chi connectivity index (χ1) is 14.6. The highest BCUT2D eigenvalue weighted by molar-refractivity contribution is 5.87. The number of rotatable bonds is 6. The maximum atomic E-state index is 13.4. The van der Waals surface area contributed by atoms with Crippen molar-refractivity contribution in [3.05, 3.63) is 71.8 Å². The average molecular weight is 405 g/mol. The topological polar surface area (TPSA) is 52.6 Å². The van der Waals surface area contributed by atoms with Crippen LogP contribution in [0.5, 0.6) is 0 Å². The largest absolute Gasteiger partial charge is 0.375 e. The van der Waals surface area contributed by atoms with E-state index < -0.39 is 5.60 Å². The summed E-state index contributed by atoms with van der Waals surface area (Å²) in [7, 11) is 0. The Kier molecular flexibility index (Phi) is 5.16. The van der Waals surface area contributed by atoms with Crippen LogP contribution in [0.1, 0.15) is 49.8 Å². The molecule has 0 bridgehead atoms. The van der Waals surface area contributed by atoms with Crippen molar-refractivity contribution in [3.8, 4) is 0 Å². The van der Waals surface area contributed by atoms with Gasteiger partial charge in [-0.2, -0.15) is 0 Å². The van der Waals surface area contributed by atoms with E-state index in [4.69, 9.17) is 0 Å². The molecular formula is C26H32N2O2. The molecular weight excluding hydrogens is 372 g/mol. The van der Waals surface area contributed by atoms with Crippen molar-refractivity contribution in [3.63, 3.8) is 0 Å². The summed E-state index contributed by atoms with van der Waals surface area (Å²) in [4.78, 5) is 15.9. The van der Waals surface area contributed by atoms with Gasteiger partial charge in [-0.25, -0.2) is 0 Å². The zero-order chi connectivity index (χ0) is 20.7. The number of amides is 1. The van der Waals surface area contributed by atoms with E-state index in [9.17, 15) is 9.90 Å². The van der Waals surface area contributed by atoms with Gasteiger partial charge in [0, 0.05) is 31.1 Å². The lowest BCUT2D eigenvalue weighted by Gasteiger charge is -2.34. The van der Waals surface area contributed by atoms with Gasteiger partial charge < -0.3 is 10.4 Å². The summed E-state index contributed by atoms with van der Waals surface area (Å²) in [5, 5.41) is 14.9. The van der Waals surface area contributed by atoms with Gasteiger partial charge in [-0.05, 0) is 42.7 Å². The number of nitrogens with zero attached hydrogens (tertiary/aromatic N) is 1. The van der Waals surface area contributed by atoms with E-state index in [1.165, 1.54) is 5.56 Å². The predicted octanol–water partition coefficient (Wildman–Crippen LogP) is 3.87. The van der Waals surface area contributed by atoms with Gasteiger partial charge in [0.1, 0.15) is 0 Å². The van der Waals surface area contributed by atoms with E-state index in [-0.39, 0.29) is 17.9 Å². The van der Waals surface area contributed by atoms with Crippen molar-refractivity contribution in [2.24, 2.45) is 17.8 Å². The smallest absolute Gasteiger partial charge is 0.257 e. The summed E-state index contributed by atoms with van der Waals surface area (Å²) in [5.41, 5.74) is 0.671. The molecule has 158 valence electrons. The minimum atomic E-state index is -1.41. The van der Waals surface area contributed by atoms with Gasteiger partial charge in [0.25, 0.3) is 5.91 Å². The van der Waals surface area contributed by atoms with Crippen LogP contribution in [0, 0.1) is 17.8 Å². The van der Waals surface area contributed by atoms with Gasteiger partial charge in [0.15, 0.2) is 5.60 Å². The molecule has 1 aliphatic heterocycles. The Balaban J connectivity index is 1.25. The lowest BCUT2D eigenvalue weighted by atomic mass is 9.79. The van der Waals surface area contributed by atoms with Gasteiger partial charge in [0.05, 0.1) is 0 Å². The first-order valence-corrected chi connectivity index (χ1v) is 11.5. The highest BCUT2D eigenvalue weighted by Gasteiger charge is 2.59. The Morgan fingerprint density at radius 3 is 2.17 bits per heavy atom. The molecule has 4 atom stereocenters. The highest BCUT2D eigenvalue weighted by Crippen LogP contribution is 2.49. The average Bonchev–Trinajstić information content (AvgIpc) is 3.22. The number of aliphatic hydroxyl groups is 1. The minimum Gasteiger partial charge on any atom is -0.375 e. The number of likely N-dealkylation sites (tertiary alicyclic amines) is 1. The molecule has 3 aliphatic rings. The van der Waals surface area contributed by atoms with E-state index in [1.807, 2.05) is 30.3 Å². The predicted molar refractivity (Wildman–Crippen MR) is 118 cm³/mol. The molecule has 0 radical (unpaired) electrons. The number of carbonyl (C=O) groups is 1. The molecule has 0 aromatic heterocycles. The standard InChI is InChI=1S/C26H32N2O2/c1-18(19-10-4-2-5-11-19)28-16-22-23(17-28)24(22)27-25(29)26(30,21-14-8-9-15-21)20-12-6-3-7-13-20/h2-7,10-13,18,21-24,30H,8-9,14-17H2,1H3,(H,27,29). The lowest BCUT2D eigenvalue weighted by molar-refractivity contribution is -0.147. The molecule has 5 rings (SSSR count). The van der Waals surface area contributed by atoms with Crippen LogP contribution in [0.3, 0.4) is 0 Å². The van der Waals surface area contributed by atoms with Crippen molar-refractivity contribution in [1.29, 1.82) is 0 Å². The van der Waals surface area contributed by atoms with E-state index in [1.54, 1.807) is 0 Å². The molecule has 3 fully saturated rings. The molecule has 2 aromatic rings. The maximum Gasteiger partial charge on any atom is 0.257 e. The quantitative estimate of drug-likeness (QED) is 0.768. The Morgan fingerprint density at radius 1 is 1.00 bits per heavy atom. The van der Waals surface area contributed by atoms with Gasteiger partial charge in [-0.3, -0.25) is 9.69 Å². The number of nitrogens with one attached hydrogen (secondary N) is 1. The fraction of sp³-hybridized carbons (Fsp3) is 0.500. The number of benzene rings is 2. The summed E-state index contributed by atoms with van der Waals surface area (Å²) in [6, 6.07) is 20.8. The molecule has 1 saturated heterocycles. The summed E-state index contributed by atoms with van der Waals surface area (Å²) >= 11 is 0. The zero-order valence-corrected chi connectivity index (χ0v) is 17.7. The first kappa shape index (κ1) is 19.8. The van der Waals surface area contributed by atoms with Crippen molar-refractivity contribution >= 4 is 5.91 Å². The Morgan fingerprint density at radius 2 is 1.57 bits per heavy atom. The van der Waals surface area contributed by atoms with Gasteiger partial charge in [-0.15, -0.1) is 0 Å². The summed E-state index contributed by atoms with van der Waals surface area (Å²) < 4.78 is 0. The van der Waals surface area contributed by atoms with Gasteiger partial charge in [-0.1, -0.05) is 73.5 Å². The third-order valence-electron chi connectivity index (χ3n) is 7.86. The fourth-order valence-corrected chi connectivity index (χ4v) is 5.88. The van der Waals surface area contributed by atoms with Crippen molar-refractivity contribution in [1.82, 2.24) is 10.2 Å². The molecule has 0 spiro atoms. The summed E-state index contributed by atoms with van der Waals surface area (Å²) in [6.45, 7) is 4.29. The molecule has 2 aliphatic carbocycles. The molecule has 4 nitrogen and oxygen atoms in total. The van der Waals surface area contributed by atoms with Gasteiger partial charge >= 0.3 is 0 Å². The lowest BCUT2D eigenvalue weighted by Crippen LogP contribution is -2.51. The summed E-state index contributed by atoms with van der Waals surface area (Å²) in [5.74, 6) is 0.822. The molecule has 4 heteroatoms. The number of hydrogen-bond donors (Lipinski definition) is 2. The van der Waals surface area contributed by atoms with E-state index >= 15 is 0 Å². The van der Waals surface area contributed by atoms with E-state index in [2.05, 4.69) is 47.5 Å². The van der Waals surface area contributed by atoms with Crippen LogP contribution in [0.25, 0.3) is 0 Å². The second-order valence-electron chi connectivity index (χ2n) is 9.48. The highest BCUT2D eigenvalue weighted by atomic mass is 16.3. The van der Waals surface area contributed by atoms with Crippen LogP contribution >= 0.6 is 0 Å².